The molecule has 0 spiro atoms. The predicted octanol–water partition coefficient (Wildman–Crippen LogP) is 1.79. The number of urea groups is 1. The summed E-state index contributed by atoms with van der Waals surface area (Å²) in [6.07, 6.45) is 3.55. The molecule has 0 bridgehead atoms. The van der Waals surface area contributed by atoms with Crippen LogP contribution in [0.15, 0.2) is 53.6 Å². The van der Waals surface area contributed by atoms with Crippen molar-refractivity contribution in [3.8, 4) is 0 Å². The zero-order valence-electron chi connectivity index (χ0n) is 15.0. The molecule has 9 nitrogen and oxygen atoms in total. The van der Waals surface area contributed by atoms with Crippen LogP contribution in [-0.4, -0.2) is 47.0 Å². The van der Waals surface area contributed by atoms with Crippen molar-refractivity contribution in [2.45, 2.75) is 23.7 Å². The fraction of sp³-hybridized carbons (Fsp3) is 0.278. The van der Waals surface area contributed by atoms with Crippen molar-refractivity contribution < 1.29 is 13.2 Å². The van der Waals surface area contributed by atoms with Crippen molar-refractivity contribution in [3.63, 3.8) is 0 Å². The number of amides is 2. The molecule has 1 aliphatic heterocycles. The second kappa shape index (κ2) is 7.21. The van der Waals surface area contributed by atoms with Crippen LogP contribution in [-0.2, 0) is 10.0 Å². The van der Waals surface area contributed by atoms with E-state index in [2.05, 4.69) is 15.5 Å². The first-order valence-electron chi connectivity index (χ1n) is 8.90. The molecule has 2 aromatic heterocycles. The van der Waals surface area contributed by atoms with Gasteiger partial charge in [-0.3, -0.25) is 4.40 Å². The maximum Gasteiger partial charge on any atom is 0.321 e. The summed E-state index contributed by atoms with van der Waals surface area (Å²) >= 11 is 0. The van der Waals surface area contributed by atoms with Crippen LogP contribution in [0, 0.1) is 0 Å². The number of hydrogen-bond donors (Lipinski definition) is 2. The van der Waals surface area contributed by atoms with Crippen LogP contribution in [0.25, 0.3) is 5.65 Å². The quantitative estimate of drug-likeness (QED) is 0.694. The number of benzene rings is 1. The molecular weight excluding hydrogens is 380 g/mol. The maximum atomic E-state index is 12.5. The van der Waals surface area contributed by atoms with E-state index in [4.69, 9.17) is 5.14 Å². The largest absolute Gasteiger partial charge is 0.324 e. The minimum absolute atomic E-state index is 0.00634. The molecule has 0 radical (unpaired) electrons. The molecule has 1 saturated heterocycles. The van der Waals surface area contributed by atoms with Gasteiger partial charge in [-0.1, -0.05) is 6.07 Å². The third kappa shape index (κ3) is 3.69. The van der Waals surface area contributed by atoms with Gasteiger partial charge in [0.2, 0.25) is 10.0 Å². The highest BCUT2D eigenvalue weighted by molar-refractivity contribution is 7.89. The summed E-state index contributed by atoms with van der Waals surface area (Å²) in [5.74, 6) is 1.17. The van der Waals surface area contributed by atoms with E-state index in [0.717, 1.165) is 24.3 Å². The van der Waals surface area contributed by atoms with Gasteiger partial charge in [0.15, 0.2) is 5.65 Å². The Morgan fingerprint density at radius 2 is 1.79 bits per heavy atom. The minimum atomic E-state index is -3.75. The van der Waals surface area contributed by atoms with Gasteiger partial charge in [-0.2, -0.15) is 0 Å². The summed E-state index contributed by atoms with van der Waals surface area (Å²) in [4.78, 5) is 14.2. The fourth-order valence-electron chi connectivity index (χ4n) is 3.41. The SMILES string of the molecule is NS(=O)(=O)c1ccc(NC(=O)N2CCC(c3nnc4ccccn34)CC2)cc1. The molecule has 3 N–H and O–H groups in total. The van der Waals surface area contributed by atoms with Crippen LogP contribution in [0.5, 0.6) is 0 Å². The predicted molar refractivity (Wildman–Crippen MR) is 103 cm³/mol. The fourth-order valence-corrected chi connectivity index (χ4v) is 3.92. The highest BCUT2D eigenvalue weighted by atomic mass is 32.2. The molecule has 1 fully saturated rings. The normalized spacial score (nSPS) is 15.7. The summed E-state index contributed by atoms with van der Waals surface area (Å²) in [6, 6.07) is 11.4. The zero-order chi connectivity index (χ0) is 19.7. The number of primary sulfonamides is 1. The van der Waals surface area contributed by atoms with Crippen LogP contribution < -0.4 is 10.5 Å². The van der Waals surface area contributed by atoms with Crippen LogP contribution in [0.3, 0.4) is 0 Å². The van der Waals surface area contributed by atoms with Gasteiger partial charge in [-0.25, -0.2) is 18.4 Å². The number of nitrogens with zero attached hydrogens (tertiary/aromatic N) is 4. The molecule has 3 aromatic rings. The highest BCUT2D eigenvalue weighted by Crippen LogP contribution is 2.27. The first-order valence-corrected chi connectivity index (χ1v) is 10.4. The number of piperidine rings is 1. The van der Waals surface area contributed by atoms with Gasteiger partial charge < -0.3 is 10.2 Å². The van der Waals surface area contributed by atoms with E-state index in [9.17, 15) is 13.2 Å². The molecule has 1 aliphatic rings. The molecule has 3 heterocycles. The first kappa shape index (κ1) is 18.4. The number of rotatable bonds is 3. The van der Waals surface area contributed by atoms with Crippen LogP contribution >= 0.6 is 0 Å². The topological polar surface area (TPSA) is 123 Å². The second-order valence-electron chi connectivity index (χ2n) is 6.75. The van der Waals surface area contributed by atoms with Crippen molar-refractivity contribution in [2.75, 3.05) is 18.4 Å². The maximum absolute atomic E-state index is 12.5. The van der Waals surface area contributed by atoms with Gasteiger partial charge >= 0.3 is 6.03 Å². The number of nitrogens with two attached hydrogens (primary N) is 1. The summed E-state index contributed by atoms with van der Waals surface area (Å²) in [6.45, 7) is 1.21. The van der Waals surface area contributed by atoms with Crippen molar-refractivity contribution in [2.24, 2.45) is 5.14 Å². The number of fused-ring (bicyclic) bond motifs is 1. The number of carbonyl (C=O) groups is 1. The Morgan fingerprint density at radius 3 is 2.46 bits per heavy atom. The summed E-state index contributed by atoms with van der Waals surface area (Å²) in [7, 11) is -3.75. The molecule has 0 aliphatic carbocycles. The van der Waals surface area contributed by atoms with Gasteiger partial charge in [0.1, 0.15) is 5.82 Å². The standard InChI is InChI=1S/C18H20N6O3S/c19-28(26,27)15-6-4-14(5-7-15)20-18(25)23-11-8-13(9-12-23)17-22-21-16-3-1-2-10-24(16)17/h1-7,10,13H,8-9,11-12H2,(H,20,25)(H2,19,26,27). The smallest absolute Gasteiger partial charge is 0.321 e. The third-order valence-corrected chi connectivity index (χ3v) is 5.85. The molecule has 4 rings (SSSR count). The van der Waals surface area contributed by atoms with Gasteiger partial charge in [0, 0.05) is 30.9 Å². The van der Waals surface area contributed by atoms with Gasteiger partial charge in [0.05, 0.1) is 4.90 Å². The van der Waals surface area contributed by atoms with Crippen molar-refractivity contribution in [1.29, 1.82) is 0 Å². The monoisotopic (exact) mass is 400 g/mol. The Bertz CT molecular complexity index is 1100. The number of hydrogen-bond acceptors (Lipinski definition) is 5. The highest BCUT2D eigenvalue weighted by Gasteiger charge is 2.27. The number of pyridine rings is 1. The Balaban J connectivity index is 1.37. The molecule has 0 unspecified atom stereocenters. The average Bonchev–Trinajstić information content (AvgIpc) is 3.12. The molecular formula is C18H20N6O3S. The van der Waals surface area contributed by atoms with Gasteiger partial charge in [0.25, 0.3) is 0 Å². The van der Waals surface area contributed by atoms with Gasteiger partial charge in [-0.15, -0.1) is 10.2 Å². The lowest BCUT2D eigenvalue weighted by Crippen LogP contribution is -2.40. The lowest BCUT2D eigenvalue weighted by molar-refractivity contribution is 0.193. The number of anilines is 1. The Labute approximate surface area is 162 Å². The minimum Gasteiger partial charge on any atom is -0.324 e. The lowest BCUT2D eigenvalue weighted by atomic mass is 9.96. The number of sulfonamides is 1. The molecule has 10 heteroatoms. The van der Waals surface area contributed by atoms with E-state index >= 15 is 0 Å². The molecule has 0 atom stereocenters. The molecule has 0 saturated carbocycles. The number of nitrogens with one attached hydrogen (secondary N) is 1. The number of aromatic nitrogens is 3. The third-order valence-electron chi connectivity index (χ3n) is 4.92. The first-order chi connectivity index (χ1) is 13.4. The zero-order valence-corrected chi connectivity index (χ0v) is 15.8. The Kier molecular flexibility index (Phi) is 4.73. The Hall–Kier alpha value is -2.98. The van der Waals surface area contributed by atoms with E-state index in [-0.39, 0.29) is 16.8 Å². The van der Waals surface area contributed by atoms with E-state index in [0.29, 0.717) is 18.8 Å². The summed E-state index contributed by atoms with van der Waals surface area (Å²) in [5.41, 5.74) is 1.34. The van der Waals surface area contributed by atoms with Crippen LogP contribution in [0.1, 0.15) is 24.6 Å². The van der Waals surface area contributed by atoms with E-state index in [1.54, 1.807) is 4.90 Å². The molecule has 2 amide bonds. The van der Waals surface area contributed by atoms with Crippen LogP contribution in [0.4, 0.5) is 10.5 Å². The summed E-state index contributed by atoms with van der Waals surface area (Å²) in [5, 5.41) is 16.4. The van der Waals surface area contributed by atoms with Gasteiger partial charge in [-0.05, 0) is 49.2 Å². The molecule has 146 valence electrons. The van der Waals surface area contributed by atoms with Crippen molar-refractivity contribution in [3.05, 3.63) is 54.5 Å². The lowest BCUT2D eigenvalue weighted by Gasteiger charge is -2.31. The summed E-state index contributed by atoms with van der Waals surface area (Å²) < 4.78 is 24.6. The molecule has 1 aromatic carbocycles. The van der Waals surface area contributed by atoms with Crippen molar-refractivity contribution in [1.82, 2.24) is 19.5 Å². The van der Waals surface area contributed by atoms with E-state index < -0.39 is 10.0 Å². The average molecular weight is 400 g/mol. The second-order valence-corrected chi connectivity index (χ2v) is 8.31. The molecule has 28 heavy (non-hydrogen) atoms. The van der Waals surface area contributed by atoms with Crippen LogP contribution in [0.2, 0.25) is 0 Å². The Morgan fingerprint density at radius 1 is 1.07 bits per heavy atom. The van der Waals surface area contributed by atoms with Crippen molar-refractivity contribution >= 4 is 27.4 Å². The number of likely N-dealkylation sites (tertiary alicyclic amines) is 1. The van der Waals surface area contributed by atoms with E-state index in [1.165, 1.54) is 24.3 Å². The van der Waals surface area contributed by atoms with E-state index in [1.807, 2.05) is 28.8 Å². The number of carbonyl (C=O) groups excluding carboxylic acids is 1.